The number of aliphatic carboxylic acids is 1. The molecule has 0 saturated heterocycles. The Morgan fingerprint density at radius 2 is 1.70 bits per heavy atom. The monoisotopic (exact) mass is 482 g/mol. The Hall–Kier alpha value is -2.95. The molecule has 172 valence electrons. The molecule has 0 spiro atoms. The van der Waals surface area contributed by atoms with Gasteiger partial charge in [-0.3, -0.25) is 4.79 Å². The Morgan fingerprint density at radius 1 is 1.06 bits per heavy atom. The van der Waals surface area contributed by atoms with E-state index in [0.717, 1.165) is 63.5 Å². The number of carbonyl (C=O) groups is 1. The molecular formula is C26H27FN2O2S2. The molecule has 2 heterocycles. The van der Waals surface area contributed by atoms with Gasteiger partial charge in [0.2, 0.25) is 0 Å². The number of fused-ring (bicyclic) bond motifs is 1. The zero-order valence-electron chi connectivity index (χ0n) is 18.8. The molecule has 0 saturated carbocycles. The van der Waals surface area contributed by atoms with Crippen LogP contribution in [0.25, 0.3) is 32.5 Å². The van der Waals surface area contributed by atoms with Crippen molar-refractivity contribution in [2.75, 3.05) is 18.0 Å². The van der Waals surface area contributed by atoms with Gasteiger partial charge in [-0.15, -0.1) is 22.7 Å². The molecule has 3 rings (SSSR count). The van der Waals surface area contributed by atoms with Gasteiger partial charge in [0, 0.05) is 32.2 Å². The van der Waals surface area contributed by atoms with E-state index in [1.807, 2.05) is 36.4 Å². The van der Waals surface area contributed by atoms with Crippen molar-refractivity contribution in [2.45, 2.75) is 39.5 Å². The van der Waals surface area contributed by atoms with Gasteiger partial charge in [0.15, 0.2) is 0 Å². The van der Waals surface area contributed by atoms with Crippen LogP contribution in [0, 0.1) is 12.4 Å². The van der Waals surface area contributed by atoms with Crippen molar-refractivity contribution in [1.29, 1.82) is 0 Å². The van der Waals surface area contributed by atoms with Crippen molar-refractivity contribution in [3.8, 4) is 0 Å². The predicted octanol–water partition coefficient (Wildman–Crippen LogP) is 8.02. The summed E-state index contributed by atoms with van der Waals surface area (Å²) in [6.45, 7) is 13.0. The van der Waals surface area contributed by atoms with Crippen LogP contribution in [0.4, 0.5) is 10.1 Å². The quantitative estimate of drug-likeness (QED) is 0.222. The van der Waals surface area contributed by atoms with Crippen LogP contribution < -0.4 is 4.90 Å². The van der Waals surface area contributed by atoms with Crippen LogP contribution in [0.5, 0.6) is 0 Å². The number of anilines is 1. The summed E-state index contributed by atoms with van der Waals surface area (Å²) in [7, 11) is 0. The fraction of sp³-hybridized carbons (Fsp3) is 0.308. The second-order valence-electron chi connectivity index (χ2n) is 7.71. The van der Waals surface area contributed by atoms with Crippen LogP contribution in [-0.4, -0.2) is 24.2 Å². The van der Waals surface area contributed by atoms with Gasteiger partial charge >= 0.3 is 5.97 Å². The molecule has 1 aromatic carbocycles. The van der Waals surface area contributed by atoms with Crippen molar-refractivity contribution in [3.05, 3.63) is 68.6 Å². The largest absolute Gasteiger partial charge is 0.486 e. The van der Waals surface area contributed by atoms with Gasteiger partial charge in [0.25, 0.3) is 5.70 Å². The molecule has 3 aromatic rings. The first-order chi connectivity index (χ1) is 15.9. The maximum atomic E-state index is 14.9. The van der Waals surface area contributed by atoms with E-state index in [1.165, 1.54) is 17.4 Å². The van der Waals surface area contributed by atoms with Crippen LogP contribution in [-0.2, 0) is 4.79 Å². The van der Waals surface area contributed by atoms with E-state index in [0.29, 0.717) is 5.69 Å². The number of carboxylic acid groups (broad SMARTS) is 1. The minimum Gasteiger partial charge on any atom is -0.486 e. The van der Waals surface area contributed by atoms with Gasteiger partial charge in [-0.2, -0.15) is 0 Å². The smallest absolute Gasteiger partial charge is 0.333 e. The lowest BCUT2D eigenvalue weighted by Gasteiger charge is -2.25. The molecule has 0 radical (unpaired) electrons. The maximum absolute atomic E-state index is 14.9. The third kappa shape index (κ3) is 6.53. The molecule has 1 N–H and O–H groups in total. The highest BCUT2D eigenvalue weighted by molar-refractivity contribution is 7.28. The number of hydrogen-bond donors (Lipinski definition) is 1. The number of carboxylic acids is 1. The molecule has 33 heavy (non-hydrogen) atoms. The number of hydrogen-bond acceptors (Lipinski definition) is 4. The van der Waals surface area contributed by atoms with Crippen molar-refractivity contribution in [1.82, 2.24) is 0 Å². The topological polar surface area (TPSA) is 44.9 Å². The Balaban J connectivity index is 1.75. The Labute approximate surface area is 202 Å². The molecular weight excluding hydrogens is 455 g/mol. The number of nitrogens with zero attached hydrogens (tertiary/aromatic N) is 2. The van der Waals surface area contributed by atoms with Gasteiger partial charge in [0.1, 0.15) is 5.82 Å². The predicted molar refractivity (Wildman–Crippen MR) is 139 cm³/mol. The summed E-state index contributed by atoms with van der Waals surface area (Å²) in [4.78, 5) is 18.0. The van der Waals surface area contributed by atoms with Crippen LogP contribution in [0.15, 0.2) is 36.0 Å². The molecule has 0 aliphatic carbocycles. The third-order valence-electron chi connectivity index (χ3n) is 5.18. The Bertz CT molecular complexity index is 1180. The first kappa shape index (κ1) is 24.7. The second kappa shape index (κ2) is 11.8. The van der Waals surface area contributed by atoms with Gasteiger partial charge in [-0.25, -0.2) is 9.24 Å². The van der Waals surface area contributed by atoms with Crippen LogP contribution >= 0.6 is 22.7 Å². The summed E-state index contributed by atoms with van der Waals surface area (Å²) in [5.41, 5.74) is 1.19. The summed E-state index contributed by atoms with van der Waals surface area (Å²) in [5.74, 6) is -1.41. The lowest BCUT2D eigenvalue weighted by atomic mass is 10.1. The summed E-state index contributed by atoms with van der Waals surface area (Å²) in [6, 6.07) is 9.34. The minimum atomic E-state index is -1.22. The molecule has 0 atom stereocenters. The fourth-order valence-corrected chi connectivity index (χ4v) is 5.67. The number of rotatable bonds is 11. The van der Waals surface area contributed by atoms with Crippen LogP contribution in [0.3, 0.4) is 0 Å². The summed E-state index contributed by atoms with van der Waals surface area (Å²) < 4.78 is 17.0. The van der Waals surface area contributed by atoms with Crippen LogP contribution in [0.2, 0.25) is 0 Å². The van der Waals surface area contributed by atoms with E-state index < -0.39 is 5.97 Å². The van der Waals surface area contributed by atoms with Gasteiger partial charge in [0.05, 0.1) is 12.3 Å². The molecule has 4 nitrogen and oxygen atoms in total. The summed E-state index contributed by atoms with van der Waals surface area (Å²) in [5, 5.41) is 9.01. The van der Waals surface area contributed by atoms with Gasteiger partial charge in [-0.05, 0) is 54.8 Å². The molecule has 7 heteroatoms. The third-order valence-corrected chi connectivity index (χ3v) is 7.38. The molecule has 0 aliphatic rings. The van der Waals surface area contributed by atoms with E-state index >= 15 is 0 Å². The first-order valence-corrected chi connectivity index (χ1v) is 12.7. The molecule has 0 amide bonds. The van der Waals surface area contributed by atoms with E-state index in [-0.39, 0.29) is 11.5 Å². The molecule has 0 fully saturated rings. The normalized spacial score (nSPS) is 11.9. The molecule has 0 bridgehead atoms. The molecule has 0 aliphatic heterocycles. The lowest BCUT2D eigenvalue weighted by Crippen LogP contribution is -2.26. The number of halogens is 1. The van der Waals surface area contributed by atoms with Gasteiger partial charge in [-0.1, -0.05) is 38.8 Å². The van der Waals surface area contributed by atoms with Crippen molar-refractivity contribution < 1.29 is 14.3 Å². The zero-order chi connectivity index (χ0) is 23.8. The average molecular weight is 483 g/mol. The lowest BCUT2D eigenvalue weighted by molar-refractivity contribution is -0.132. The molecule has 0 unspecified atom stereocenters. The SMILES string of the molecule is [C-]#[N+]/C(=C\c1cc2sc(/C=C/c3ccc(N(CCCC)CCCC)c(F)c3)cc2s1)C(=O)O. The number of benzene rings is 1. The Kier molecular flexibility index (Phi) is 8.81. The van der Waals surface area contributed by atoms with Gasteiger partial charge < -0.3 is 10.0 Å². The zero-order valence-corrected chi connectivity index (χ0v) is 20.4. The second-order valence-corrected chi connectivity index (χ2v) is 9.94. The fourth-order valence-electron chi connectivity index (χ4n) is 3.42. The number of thiophene rings is 2. The highest BCUT2D eigenvalue weighted by atomic mass is 32.1. The minimum absolute atomic E-state index is 0.193. The average Bonchev–Trinajstić information content (AvgIpc) is 3.34. The standard InChI is InChI=1S/C26H27FN2O2S2/c1-4-6-12-29(13-7-5-2)23-11-9-18(14-21(23)27)8-10-19-16-24-25(32-19)17-20(33-24)15-22(28-3)26(30)31/h8-11,14-17H,4-7,12-13H2,1-2H3,(H,30,31)/b10-8+,22-15-. The molecule has 2 aromatic heterocycles. The van der Waals surface area contributed by atoms with Crippen molar-refractivity contribution in [2.24, 2.45) is 0 Å². The summed E-state index contributed by atoms with van der Waals surface area (Å²) in [6.07, 6.45) is 9.54. The van der Waals surface area contributed by atoms with E-state index in [4.69, 9.17) is 11.7 Å². The highest BCUT2D eigenvalue weighted by Gasteiger charge is 2.12. The van der Waals surface area contributed by atoms with E-state index in [9.17, 15) is 9.18 Å². The summed E-state index contributed by atoms with van der Waals surface area (Å²) >= 11 is 3.03. The maximum Gasteiger partial charge on any atom is 0.333 e. The van der Waals surface area contributed by atoms with Crippen molar-refractivity contribution in [3.63, 3.8) is 0 Å². The van der Waals surface area contributed by atoms with Crippen LogP contribution in [0.1, 0.15) is 54.8 Å². The van der Waals surface area contributed by atoms with E-state index in [1.54, 1.807) is 17.4 Å². The first-order valence-electron chi connectivity index (χ1n) is 11.0. The number of unbranched alkanes of at least 4 members (excludes halogenated alkanes) is 2. The van der Waals surface area contributed by atoms with Crippen molar-refractivity contribution >= 4 is 62.0 Å². The van der Waals surface area contributed by atoms with E-state index in [2.05, 4.69) is 23.6 Å². The Morgan fingerprint density at radius 3 is 2.27 bits per heavy atom. The highest BCUT2D eigenvalue weighted by Crippen LogP contribution is 2.35.